The Labute approximate surface area is 137 Å². The van der Waals surface area contributed by atoms with Gasteiger partial charge in [-0.1, -0.05) is 11.6 Å². The van der Waals surface area contributed by atoms with Gasteiger partial charge in [-0.25, -0.2) is 8.42 Å². The van der Waals surface area contributed by atoms with E-state index in [2.05, 4.69) is 5.32 Å². The highest BCUT2D eigenvalue weighted by Gasteiger charge is 2.30. The monoisotopic (exact) mass is 354 g/mol. The SMILES string of the molecule is COc1cc(C)c(S(=O)(=O)N2CCNC(C)C2)cc1Cl.Cl. The zero-order valence-corrected chi connectivity index (χ0v) is 14.6. The molecule has 0 radical (unpaired) electrons. The summed E-state index contributed by atoms with van der Waals surface area (Å²) in [4.78, 5) is 0.248. The van der Waals surface area contributed by atoms with E-state index in [0.717, 1.165) is 0 Å². The number of rotatable bonds is 3. The molecule has 2 rings (SSSR count). The van der Waals surface area contributed by atoms with Gasteiger partial charge in [0.1, 0.15) is 5.75 Å². The van der Waals surface area contributed by atoms with Crippen LogP contribution in [0.3, 0.4) is 0 Å². The third-order valence-electron chi connectivity index (χ3n) is 3.40. The van der Waals surface area contributed by atoms with Crippen LogP contribution < -0.4 is 10.1 Å². The Morgan fingerprint density at radius 2 is 2.10 bits per heavy atom. The van der Waals surface area contributed by atoms with Gasteiger partial charge in [0.15, 0.2) is 0 Å². The second-order valence-electron chi connectivity index (χ2n) is 4.97. The molecule has 1 aromatic rings. The van der Waals surface area contributed by atoms with Gasteiger partial charge < -0.3 is 10.1 Å². The minimum atomic E-state index is -3.52. The summed E-state index contributed by atoms with van der Waals surface area (Å²) in [7, 11) is -2.01. The average Bonchev–Trinajstić information content (AvgIpc) is 2.40. The third kappa shape index (κ3) is 3.81. The standard InChI is InChI=1S/C13H19ClN2O3S.ClH/c1-9-6-12(19-3)11(14)7-13(9)20(17,18)16-5-4-15-10(2)8-16;/h6-7,10,15H,4-5,8H2,1-3H3;1H. The molecule has 1 saturated heterocycles. The highest BCUT2D eigenvalue weighted by molar-refractivity contribution is 7.89. The Morgan fingerprint density at radius 3 is 2.67 bits per heavy atom. The second kappa shape index (κ2) is 7.15. The molecule has 120 valence electrons. The van der Waals surface area contributed by atoms with Crippen LogP contribution in [0.1, 0.15) is 12.5 Å². The summed E-state index contributed by atoms with van der Waals surface area (Å²) in [6.07, 6.45) is 0. The van der Waals surface area contributed by atoms with E-state index >= 15 is 0 Å². The molecule has 0 spiro atoms. The molecule has 0 amide bonds. The van der Waals surface area contributed by atoms with Crippen molar-refractivity contribution in [2.45, 2.75) is 24.8 Å². The number of ether oxygens (including phenoxy) is 1. The van der Waals surface area contributed by atoms with Crippen LogP contribution in [0.4, 0.5) is 0 Å². The Balaban J connectivity index is 0.00000220. The lowest BCUT2D eigenvalue weighted by Crippen LogP contribution is -2.51. The van der Waals surface area contributed by atoms with E-state index in [9.17, 15) is 8.42 Å². The predicted molar refractivity (Wildman–Crippen MR) is 86.2 cm³/mol. The van der Waals surface area contributed by atoms with Crippen LogP contribution in [0.2, 0.25) is 5.02 Å². The molecule has 21 heavy (non-hydrogen) atoms. The summed E-state index contributed by atoms with van der Waals surface area (Å²) in [5.74, 6) is 0.483. The van der Waals surface area contributed by atoms with E-state index in [0.29, 0.717) is 36.0 Å². The predicted octanol–water partition coefficient (Wildman–Crippen LogP) is 2.06. The number of hydrogen-bond donors (Lipinski definition) is 1. The Hall–Kier alpha value is -0.530. The fourth-order valence-electron chi connectivity index (χ4n) is 2.33. The molecule has 1 aliphatic heterocycles. The highest BCUT2D eigenvalue weighted by atomic mass is 35.5. The Bertz CT molecular complexity index is 608. The number of methoxy groups -OCH3 is 1. The number of piperazine rings is 1. The van der Waals surface area contributed by atoms with E-state index in [1.54, 1.807) is 13.0 Å². The summed E-state index contributed by atoms with van der Waals surface area (Å²) in [5.41, 5.74) is 0.637. The number of aryl methyl sites for hydroxylation is 1. The van der Waals surface area contributed by atoms with Crippen LogP contribution in [0.25, 0.3) is 0 Å². The van der Waals surface area contributed by atoms with Gasteiger partial charge in [-0.3, -0.25) is 0 Å². The van der Waals surface area contributed by atoms with Crippen LogP contribution >= 0.6 is 24.0 Å². The molecule has 1 heterocycles. The Kier molecular flexibility index (Phi) is 6.31. The first-order chi connectivity index (χ1) is 9.36. The van der Waals surface area contributed by atoms with E-state index in [4.69, 9.17) is 16.3 Å². The molecule has 8 heteroatoms. The topological polar surface area (TPSA) is 58.6 Å². The van der Waals surface area contributed by atoms with E-state index in [-0.39, 0.29) is 23.3 Å². The van der Waals surface area contributed by atoms with Crippen LogP contribution in [-0.4, -0.2) is 45.5 Å². The number of nitrogens with one attached hydrogen (secondary N) is 1. The maximum Gasteiger partial charge on any atom is 0.243 e. The smallest absolute Gasteiger partial charge is 0.243 e. The maximum atomic E-state index is 12.7. The summed E-state index contributed by atoms with van der Waals surface area (Å²) in [6, 6.07) is 3.27. The summed E-state index contributed by atoms with van der Waals surface area (Å²) in [5, 5.41) is 3.53. The largest absolute Gasteiger partial charge is 0.495 e. The lowest BCUT2D eigenvalue weighted by molar-refractivity contribution is 0.310. The average molecular weight is 355 g/mol. The molecule has 0 saturated carbocycles. The van der Waals surface area contributed by atoms with Crippen molar-refractivity contribution in [3.8, 4) is 5.75 Å². The molecule has 1 unspecified atom stereocenters. The molecule has 1 atom stereocenters. The molecular formula is C13H20Cl2N2O3S. The summed E-state index contributed by atoms with van der Waals surface area (Å²) >= 11 is 6.05. The molecule has 1 N–H and O–H groups in total. The lowest BCUT2D eigenvalue weighted by Gasteiger charge is -2.31. The molecule has 1 aliphatic rings. The van der Waals surface area contributed by atoms with Gasteiger partial charge in [-0.05, 0) is 31.5 Å². The number of nitrogens with zero attached hydrogens (tertiary/aromatic N) is 1. The van der Waals surface area contributed by atoms with Crippen molar-refractivity contribution >= 4 is 34.0 Å². The van der Waals surface area contributed by atoms with E-state index in [1.165, 1.54) is 17.5 Å². The first kappa shape index (κ1) is 18.5. The summed E-state index contributed by atoms with van der Waals surface area (Å²) < 4.78 is 32.0. The van der Waals surface area contributed by atoms with Crippen molar-refractivity contribution in [1.82, 2.24) is 9.62 Å². The van der Waals surface area contributed by atoms with Crippen molar-refractivity contribution in [3.05, 3.63) is 22.7 Å². The van der Waals surface area contributed by atoms with Gasteiger partial charge in [-0.15, -0.1) is 12.4 Å². The summed E-state index contributed by atoms with van der Waals surface area (Å²) in [6.45, 7) is 5.30. The Morgan fingerprint density at radius 1 is 1.43 bits per heavy atom. The fraction of sp³-hybridized carbons (Fsp3) is 0.538. The molecule has 1 fully saturated rings. The van der Waals surface area contributed by atoms with Gasteiger partial charge in [0.2, 0.25) is 10.0 Å². The van der Waals surface area contributed by atoms with Gasteiger partial charge in [0.05, 0.1) is 17.0 Å². The van der Waals surface area contributed by atoms with Gasteiger partial charge in [0.25, 0.3) is 0 Å². The molecule has 1 aromatic carbocycles. The van der Waals surface area contributed by atoms with Crippen LogP contribution in [0.5, 0.6) is 5.75 Å². The van der Waals surface area contributed by atoms with Crippen molar-refractivity contribution in [1.29, 1.82) is 0 Å². The normalized spacial score (nSPS) is 19.9. The molecular weight excluding hydrogens is 335 g/mol. The number of benzene rings is 1. The van der Waals surface area contributed by atoms with E-state index in [1.807, 2.05) is 6.92 Å². The first-order valence-electron chi connectivity index (χ1n) is 6.44. The molecule has 5 nitrogen and oxygen atoms in total. The molecule has 0 aliphatic carbocycles. The zero-order valence-electron chi connectivity index (χ0n) is 12.2. The quantitative estimate of drug-likeness (QED) is 0.902. The van der Waals surface area contributed by atoms with Crippen LogP contribution in [-0.2, 0) is 10.0 Å². The minimum absolute atomic E-state index is 0. The highest BCUT2D eigenvalue weighted by Crippen LogP contribution is 2.31. The van der Waals surface area contributed by atoms with Gasteiger partial charge >= 0.3 is 0 Å². The number of sulfonamides is 1. The lowest BCUT2D eigenvalue weighted by atomic mass is 10.2. The van der Waals surface area contributed by atoms with Crippen LogP contribution in [0.15, 0.2) is 17.0 Å². The second-order valence-corrected chi connectivity index (χ2v) is 7.28. The van der Waals surface area contributed by atoms with Gasteiger partial charge in [0, 0.05) is 25.7 Å². The molecule has 0 aromatic heterocycles. The zero-order chi connectivity index (χ0) is 14.9. The number of hydrogen-bond acceptors (Lipinski definition) is 4. The van der Waals surface area contributed by atoms with Gasteiger partial charge in [-0.2, -0.15) is 4.31 Å². The molecule has 0 bridgehead atoms. The van der Waals surface area contributed by atoms with Crippen molar-refractivity contribution in [2.75, 3.05) is 26.7 Å². The van der Waals surface area contributed by atoms with E-state index < -0.39 is 10.0 Å². The van der Waals surface area contributed by atoms with Crippen LogP contribution in [0, 0.1) is 6.92 Å². The number of halogens is 2. The third-order valence-corrected chi connectivity index (χ3v) is 5.70. The van der Waals surface area contributed by atoms with Crippen molar-refractivity contribution in [2.24, 2.45) is 0 Å². The maximum absolute atomic E-state index is 12.7. The first-order valence-corrected chi connectivity index (χ1v) is 8.25. The minimum Gasteiger partial charge on any atom is -0.495 e. The van der Waals surface area contributed by atoms with Crippen molar-refractivity contribution < 1.29 is 13.2 Å². The fourth-order valence-corrected chi connectivity index (χ4v) is 4.39. The van der Waals surface area contributed by atoms with Crippen molar-refractivity contribution in [3.63, 3.8) is 0 Å².